The maximum atomic E-state index is 12.7. The summed E-state index contributed by atoms with van der Waals surface area (Å²) >= 11 is 0. The van der Waals surface area contributed by atoms with Gasteiger partial charge in [0.15, 0.2) is 0 Å². The summed E-state index contributed by atoms with van der Waals surface area (Å²) in [5.41, 5.74) is -0.0994. The highest BCUT2D eigenvalue weighted by atomic mass is 16.5. The smallest absolute Gasteiger partial charge is 0.239 e. The van der Waals surface area contributed by atoms with Crippen molar-refractivity contribution < 1.29 is 14.6 Å². The second-order valence-corrected chi connectivity index (χ2v) is 7.83. The molecule has 2 heterocycles. The van der Waals surface area contributed by atoms with Crippen molar-refractivity contribution in [1.82, 2.24) is 14.7 Å². The van der Waals surface area contributed by atoms with Crippen molar-refractivity contribution in [2.45, 2.75) is 39.8 Å². The lowest BCUT2D eigenvalue weighted by molar-refractivity contribution is -0.140. The van der Waals surface area contributed by atoms with E-state index in [1.165, 1.54) is 0 Å². The van der Waals surface area contributed by atoms with E-state index in [1.807, 2.05) is 11.8 Å². The number of β-amino-alcohol motifs (C(OH)–C–C–N with tert-alkyl or cyclic N) is 1. The second kappa shape index (κ2) is 7.92. The Morgan fingerprint density at radius 1 is 1.09 bits per heavy atom. The predicted octanol–water partition coefficient (Wildman–Crippen LogP) is 0.258. The lowest BCUT2D eigenvalue weighted by Crippen LogP contribution is -2.56. The van der Waals surface area contributed by atoms with Crippen molar-refractivity contribution in [2.75, 3.05) is 59.0 Å². The summed E-state index contributed by atoms with van der Waals surface area (Å²) in [5.74, 6) is 0.225. The molecule has 2 aliphatic heterocycles. The van der Waals surface area contributed by atoms with Crippen LogP contribution >= 0.6 is 0 Å². The van der Waals surface area contributed by atoms with Crippen LogP contribution in [0.15, 0.2) is 0 Å². The van der Waals surface area contributed by atoms with Gasteiger partial charge in [0, 0.05) is 45.8 Å². The SMILES string of the molecule is C[C@H](C(=O)N1CCN(C[C@@H](O)C(C)(C)C)CC1)N1CCOCC1. The summed E-state index contributed by atoms with van der Waals surface area (Å²) in [6, 6.07) is -0.0642. The minimum absolute atomic E-state index is 0.0642. The molecular formula is C17H33N3O3. The third kappa shape index (κ3) is 5.14. The molecule has 0 aromatic rings. The number of nitrogens with zero attached hydrogens (tertiary/aromatic N) is 3. The normalized spacial score (nSPS) is 24.5. The Morgan fingerprint density at radius 3 is 2.17 bits per heavy atom. The highest BCUT2D eigenvalue weighted by Crippen LogP contribution is 2.20. The van der Waals surface area contributed by atoms with Crippen LogP contribution in [0.25, 0.3) is 0 Å². The molecule has 0 spiro atoms. The van der Waals surface area contributed by atoms with Crippen molar-refractivity contribution in [3.05, 3.63) is 0 Å². The van der Waals surface area contributed by atoms with Crippen LogP contribution in [0, 0.1) is 5.41 Å². The van der Waals surface area contributed by atoms with Crippen molar-refractivity contribution >= 4 is 5.91 Å². The van der Waals surface area contributed by atoms with Gasteiger partial charge in [0.2, 0.25) is 5.91 Å². The summed E-state index contributed by atoms with van der Waals surface area (Å²) in [6.07, 6.45) is -0.336. The van der Waals surface area contributed by atoms with Gasteiger partial charge in [-0.25, -0.2) is 0 Å². The van der Waals surface area contributed by atoms with E-state index < -0.39 is 0 Å². The molecule has 0 aromatic carbocycles. The highest BCUT2D eigenvalue weighted by Gasteiger charge is 2.31. The third-order valence-electron chi connectivity index (χ3n) is 5.07. The number of rotatable bonds is 4. The van der Waals surface area contributed by atoms with Gasteiger partial charge < -0.3 is 14.7 Å². The first-order valence-electron chi connectivity index (χ1n) is 8.80. The molecule has 0 aliphatic carbocycles. The van der Waals surface area contributed by atoms with Crippen LogP contribution in [0.1, 0.15) is 27.7 Å². The lowest BCUT2D eigenvalue weighted by Gasteiger charge is -2.40. The molecule has 1 N–H and O–H groups in total. The fourth-order valence-corrected chi connectivity index (χ4v) is 3.05. The Labute approximate surface area is 140 Å². The lowest BCUT2D eigenvalue weighted by atomic mass is 9.89. The zero-order valence-electron chi connectivity index (χ0n) is 15.1. The van der Waals surface area contributed by atoms with Crippen LogP contribution in [-0.4, -0.2) is 96.9 Å². The Kier molecular flexibility index (Phi) is 6.42. The zero-order valence-corrected chi connectivity index (χ0v) is 15.1. The Balaban J connectivity index is 1.78. The number of morpholine rings is 1. The first-order valence-corrected chi connectivity index (χ1v) is 8.80. The van der Waals surface area contributed by atoms with Crippen LogP contribution in [0.3, 0.4) is 0 Å². The first-order chi connectivity index (χ1) is 10.8. The van der Waals surface area contributed by atoms with Crippen molar-refractivity contribution in [1.29, 1.82) is 0 Å². The quantitative estimate of drug-likeness (QED) is 0.803. The van der Waals surface area contributed by atoms with Crippen LogP contribution in [0.4, 0.5) is 0 Å². The number of amides is 1. The molecule has 2 saturated heterocycles. The van der Waals surface area contributed by atoms with Gasteiger partial charge in [0.1, 0.15) is 0 Å². The molecule has 2 aliphatic rings. The van der Waals surface area contributed by atoms with Gasteiger partial charge in [0.25, 0.3) is 0 Å². The minimum atomic E-state index is -0.336. The largest absolute Gasteiger partial charge is 0.391 e. The number of aliphatic hydroxyl groups excluding tert-OH is 1. The molecule has 0 saturated carbocycles. The molecule has 0 bridgehead atoms. The highest BCUT2D eigenvalue weighted by molar-refractivity contribution is 5.81. The maximum Gasteiger partial charge on any atom is 0.239 e. The third-order valence-corrected chi connectivity index (χ3v) is 5.07. The van der Waals surface area contributed by atoms with E-state index in [4.69, 9.17) is 4.74 Å². The van der Waals surface area contributed by atoms with Gasteiger partial charge in [-0.2, -0.15) is 0 Å². The van der Waals surface area contributed by atoms with Gasteiger partial charge in [-0.3, -0.25) is 14.6 Å². The monoisotopic (exact) mass is 327 g/mol. The van der Waals surface area contributed by atoms with Gasteiger partial charge >= 0.3 is 0 Å². The summed E-state index contributed by atoms with van der Waals surface area (Å²) in [5, 5.41) is 10.2. The number of hydrogen-bond donors (Lipinski definition) is 1. The molecule has 6 heteroatoms. The van der Waals surface area contributed by atoms with Crippen molar-refractivity contribution in [3.8, 4) is 0 Å². The molecule has 2 atom stereocenters. The molecular weight excluding hydrogens is 294 g/mol. The molecule has 0 aromatic heterocycles. The van der Waals surface area contributed by atoms with Crippen molar-refractivity contribution in [3.63, 3.8) is 0 Å². The number of carbonyl (C=O) groups excluding carboxylic acids is 1. The summed E-state index contributed by atoms with van der Waals surface area (Å²) < 4.78 is 5.36. The fraction of sp³-hybridized carbons (Fsp3) is 0.941. The fourth-order valence-electron chi connectivity index (χ4n) is 3.05. The number of hydrogen-bond acceptors (Lipinski definition) is 5. The van der Waals surface area contributed by atoms with Gasteiger partial charge in [-0.1, -0.05) is 20.8 Å². The molecule has 2 fully saturated rings. The zero-order chi connectivity index (χ0) is 17.0. The predicted molar refractivity (Wildman–Crippen MR) is 90.3 cm³/mol. The van der Waals surface area contributed by atoms with Crippen LogP contribution < -0.4 is 0 Å². The van der Waals surface area contributed by atoms with E-state index in [1.54, 1.807) is 0 Å². The van der Waals surface area contributed by atoms with E-state index in [2.05, 4.69) is 30.6 Å². The molecule has 2 rings (SSSR count). The molecule has 0 unspecified atom stereocenters. The summed E-state index contributed by atoms with van der Waals surface area (Å²) in [6.45, 7) is 15.2. The maximum absolute atomic E-state index is 12.7. The molecule has 23 heavy (non-hydrogen) atoms. The molecule has 6 nitrogen and oxygen atoms in total. The van der Waals surface area contributed by atoms with Gasteiger partial charge in [0.05, 0.1) is 25.4 Å². The molecule has 0 radical (unpaired) electrons. The number of carbonyl (C=O) groups is 1. The summed E-state index contributed by atoms with van der Waals surface area (Å²) in [7, 11) is 0. The topological polar surface area (TPSA) is 56.2 Å². The standard InChI is InChI=1S/C17H33N3O3/c1-14(19-9-11-23-12-10-19)16(22)20-7-5-18(6-8-20)13-15(21)17(2,3)4/h14-15,21H,5-13H2,1-4H3/t14-,15-/m1/s1. The van der Waals surface area contributed by atoms with Gasteiger partial charge in [-0.15, -0.1) is 0 Å². The van der Waals surface area contributed by atoms with E-state index in [0.29, 0.717) is 6.54 Å². The van der Waals surface area contributed by atoms with E-state index in [0.717, 1.165) is 52.5 Å². The van der Waals surface area contributed by atoms with E-state index in [9.17, 15) is 9.90 Å². The Morgan fingerprint density at radius 2 is 1.65 bits per heavy atom. The van der Waals surface area contributed by atoms with Crippen LogP contribution in [0.5, 0.6) is 0 Å². The second-order valence-electron chi connectivity index (χ2n) is 7.83. The average molecular weight is 327 g/mol. The minimum Gasteiger partial charge on any atom is -0.391 e. The van der Waals surface area contributed by atoms with Crippen LogP contribution in [0.2, 0.25) is 0 Å². The number of aliphatic hydroxyl groups is 1. The van der Waals surface area contributed by atoms with Crippen LogP contribution in [-0.2, 0) is 9.53 Å². The Bertz CT molecular complexity index is 383. The van der Waals surface area contributed by atoms with E-state index >= 15 is 0 Å². The number of piperazine rings is 1. The molecule has 134 valence electrons. The summed E-state index contributed by atoms with van der Waals surface area (Å²) in [4.78, 5) is 19.1. The van der Waals surface area contributed by atoms with Crippen molar-refractivity contribution in [2.24, 2.45) is 5.41 Å². The first kappa shape index (κ1) is 18.6. The van der Waals surface area contributed by atoms with Gasteiger partial charge in [-0.05, 0) is 12.3 Å². The Hall–Kier alpha value is -0.690. The van der Waals surface area contributed by atoms with E-state index in [-0.39, 0.29) is 23.5 Å². The molecule has 1 amide bonds. The number of ether oxygens (including phenoxy) is 1. The average Bonchev–Trinajstić information content (AvgIpc) is 2.54.